The summed E-state index contributed by atoms with van der Waals surface area (Å²) in [6.07, 6.45) is -6.64. The number of hydrogen-bond donors (Lipinski definition) is 1. The van der Waals surface area contributed by atoms with Gasteiger partial charge in [0.25, 0.3) is 0 Å². The van der Waals surface area contributed by atoms with Crippen LogP contribution in [-0.2, 0) is 17.1 Å². The number of carbonyl (C=O) groups excluding carboxylic acids is 1. The van der Waals surface area contributed by atoms with Crippen molar-refractivity contribution in [2.24, 2.45) is 0 Å². The van der Waals surface area contributed by atoms with Crippen LogP contribution in [0.1, 0.15) is 44.1 Å². The van der Waals surface area contributed by atoms with Gasteiger partial charge in [-0.2, -0.15) is 26.3 Å². The van der Waals surface area contributed by atoms with Gasteiger partial charge in [0.1, 0.15) is 22.4 Å². The van der Waals surface area contributed by atoms with Crippen LogP contribution in [0.2, 0.25) is 5.15 Å². The van der Waals surface area contributed by atoms with E-state index >= 15 is 0 Å². The van der Waals surface area contributed by atoms with Crippen LogP contribution in [0.4, 0.5) is 37.0 Å². The van der Waals surface area contributed by atoms with Gasteiger partial charge in [-0.25, -0.2) is 24.7 Å². The average molecular weight is 773 g/mol. The van der Waals surface area contributed by atoms with Crippen molar-refractivity contribution < 1.29 is 35.9 Å². The average Bonchev–Trinajstić information content (AvgIpc) is 3.32. The molecular weight excluding hydrogens is 738 g/mol. The molecule has 8 nitrogen and oxygen atoms in total. The zero-order valence-corrected chi connectivity index (χ0v) is 30.7. The highest BCUT2D eigenvalue weighted by Crippen LogP contribution is 2.35. The first-order valence-corrected chi connectivity index (χ1v) is 17.5. The molecule has 1 amide bonds. The van der Waals surface area contributed by atoms with Crippen molar-refractivity contribution in [2.75, 3.05) is 37.3 Å². The Bertz CT molecular complexity index is 1860. The summed E-state index contributed by atoms with van der Waals surface area (Å²) in [6, 6.07) is 11.7. The van der Waals surface area contributed by atoms with E-state index in [0.717, 1.165) is 30.7 Å². The third-order valence-corrected chi connectivity index (χ3v) is 8.63. The third kappa shape index (κ3) is 11.1. The summed E-state index contributed by atoms with van der Waals surface area (Å²) in [5, 5.41) is 0.589. The second kappa shape index (κ2) is 16.3. The smallest absolute Gasteiger partial charge is 0.416 e. The number of alkyl halides is 6. The normalized spacial score (nSPS) is 14.1. The molecule has 1 aliphatic rings. The van der Waals surface area contributed by atoms with E-state index in [4.69, 9.17) is 16.3 Å². The Morgan fingerprint density at radius 2 is 1.45 bits per heavy atom. The maximum atomic E-state index is 13.2. The van der Waals surface area contributed by atoms with E-state index < -0.39 is 29.1 Å². The van der Waals surface area contributed by atoms with E-state index in [2.05, 4.69) is 32.6 Å². The number of thiol groups is 1. The summed E-state index contributed by atoms with van der Waals surface area (Å²) >= 11 is 11.3. The molecule has 2 aromatic carbocycles. The van der Waals surface area contributed by atoms with Crippen LogP contribution in [-0.4, -0.2) is 69.0 Å². The van der Waals surface area contributed by atoms with Crippen LogP contribution in [0.5, 0.6) is 0 Å². The summed E-state index contributed by atoms with van der Waals surface area (Å²) in [5.41, 5.74) is -0.640. The van der Waals surface area contributed by atoms with Crippen molar-refractivity contribution in [2.45, 2.75) is 62.1 Å². The number of amides is 1. The molecule has 1 saturated heterocycles. The lowest BCUT2D eigenvalue weighted by molar-refractivity contribution is -0.138. The predicted octanol–water partition coefficient (Wildman–Crippen LogP) is 9.74. The minimum Gasteiger partial charge on any atom is -0.444 e. The summed E-state index contributed by atoms with van der Waals surface area (Å²) in [6.45, 7) is 9.31. The number of hydrogen-bond acceptors (Lipinski definition) is 9. The van der Waals surface area contributed by atoms with Gasteiger partial charge in [-0.3, -0.25) is 0 Å². The summed E-state index contributed by atoms with van der Waals surface area (Å²) < 4.78 is 83.0. The fourth-order valence-corrected chi connectivity index (χ4v) is 5.72. The Labute approximate surface area is 306 Å². The lowest BCUT2D eigenvalue weighted by Crippen LogP contribution is -2.39. The Hall–Kier alpha value is -3.76. The van der Waals surface area contributed by atoms with E-state index in [1.807, 2.05) is 31.9 Å². The number of aromatic nitrogens is 4. The quantitative estimate of drug-likeness (QED) is 0.0722. The molecule has 0 radical (unpaired) electrons. The topological polar surface area (TPSA) is 84.3 Å². The van der Waals surface area contributed by atoms with E-state index in [1.54, 1.807) is 24.0 Å². The van der Waals surface area contributed by atoms with Crippen LogP contribution in [0, 0.1) is 6.92 Å². The summed E-state index contributed by atoms with van der Waals surface area (Å²) in [7, 11) is 0. The largest absolute Gasteiger partial charge is 0.444 e. The van der Waals surface area contributed by atoms with Crippen molar-refractivity contribution in [3.8, 4) is 22.5 Å². The van der Waals surface area contributed by atoms with Crippen LogP contribution in [0.25, 0.3) is 22.5 Å². The van der Waals surface area contributed by atoms with Gasteiger partial charge in [-0.05, 0) is 64.6 Å². The minimum atomic E-state index is -4.43. The molecule has 0 spiro atoms. The molecule has 51 heavy (non-hydrogen) atoms. The first-order chi connectivity index (χ1) is 23.7. The van der Waals surface area contributed by atoms with Crippen LogP contribution in [0.15, 0.2) is 64.6 Å². The molecule has 1 aliphatic heterocycles. The number of anilines is 1. The highest BCUT2D eigenvalue weighted by molar-refractivity contribution is 7.98. The van der Waals surface area contributed by atoms with Gasteiger partial charge in [-0.1, -0.05) is 47.6 Å². The monoisotopic (exact) mass is 772 g/mol. The molecule has 0 bridgehead atoms. The van der Waals surface area contributed by atoms with Crippen molar-refractivity contribution in [1.29, 1.82) is 0 Å². The second-order valence-corrected chi connectivity index (χ2v) is 13.9. The van der Waals surface area contributed by atoms with Gasteiger partial charge < -0.3 is 14.5 Å². The lowest BCUT2D eigenvalue weighted by atomic mass is 10.1. The first-order valence-electron chi connectivity index (χ1n) is 15.5. The number of halogens is 7. The Morgan fingerprint density at radius 3 is 2.04 bits per heavy atom. The van der Waals surface area contributed by atoms with Gasteiger partial charge in [0.15, 0.2) is 5.16 Å². The molecule has 1 fully saturated rings. The number of carbonyl (C=O) groups is 1. The third-order valence-electron chi connectivity index (χ3n) is 7.25. The maximum Gasteiger partial charge on any atom is 0.416 e. The standard InChI is InChI=1S/C22H27F3N4O2S.C12H8ClF3N2S/c1-21(2,3)31-20(30)29-10-6-9-28(11-12-29)18-14-17(26-19(27-18)32-4)15-7-5-8-16(13-15)22(23,24)25;1-6-17-9(10(19)11(13)18-6)7-3-2-4-8(5-7)12(14,15)16/h5,7-8,13-14H,6,9-12H2,1-4H3;2-5,19H,1H3. The number of rotatable bonds is 4. The molecule has 0 unspecified atom stereocenters. The summed E-state index contributed by atoms with van der Waals surface area (Å²) in [4.78, 5) is 33.3. The lowest BCUT2D eigenvalue weighted by Gasteiger charge is -2.26. The molecule has 2 aromatic heterocycles. The highest BCUT2D eigenvalue weighted by Gasteiger charge is 2.32. The van der Waals surface area contributed by atoms with Gasteiger partial charge in [-0.15, -0.1) is 12.6 Å². The van der Waals surface area contributed by atoms with E-state index in [1.165, 1.54) is 30.0 Å². The van der Waals surface area contributed by atoms with Gasteiger partial charge in [0.05, 0.1) is 27.4 Å². The van der Waals surface area contributed by atoms with Crippen molar-refractivity contribution >= 4 is 47.9 Å². The zero-order valence-electron chi connectivity index (χ0n) is 28.2. The van der Waals surface area contributed by atoms with E-state index in [0.29, 0.717) is 59.8 Å². The Morgan fingerprint density at radius 1 is 0.843 bits per heavy atom. The van der Waals surface area contributed by atoms with E-state index in [-0.39, 0.29) is 21.8 Å². The second-order valence-electron chi connectivity index (χ2n) is 12.3. The minimum absolute atomic E-state index is 0.114. The fraction of sp³-hybridized carbons (Fsp3) is 0.382. The predicted molar refractivity (Wildman–Crippen MR) is 188 cm³/mol. The number of thioether (sulfide) groups is 1. The molecular formula is C34H35ClF6N6O2S2. The SMILES string of the molecule is CSc1nc(-c2cccc(C(F)(F)F)c2)cc(N2CCCN(C(=O)OC(C)(C)C)CC2)n1.Cc1nc(Cl)c(S)c(-c2cccc(C(F)(F)F)c2)n1. The number of aryl methyl sites for hydroxylation is 1. The first kappa shape index (κ1) is 40.0. The zero-order chi connectivity index (χ0) is 37.7. The number of ether oxygens (including phenoxy) is 1. The van der Waals surface area contributed by atoms with Crippen LogP contribution < -0.4 is 4.90 Å². The van der Waals surface area contributed by atoms with Gasteiger partial charge in [0.2, 0.25) is 0 Å². The number of nitrogens with zero attached hydrogens (tertiary/aromatic N) is 6. The molecule has 0 saturated carbocycles. The van der Waals surface area contributed by atoms with Gasteiger partial charge in [0, 0.05) is 43.4 Å². The molecule has 274 valence electrons. The molecule has 4 aromatic rings. The molecule has 3 heterocycles. The van der Waals surface area contributed by atoms with Crippen LogP contribution >= 0.6 is 36.0 Å². The fourth-order valence-electron chi connectivity index (χ4n) is 4.90. The van der Waals surface area contributed by atoms with E-state index in [9.17, 15) is 31.1 Å². The van der Waals surface area contributed by atoms with Crippen molar-refractivity contribution in [1.82, 2.24) is 24.8 Å². The van der Waals surface area contributed by atoms with Gasteiger partial charge >= 0.3 is 18.4 Å². The molecule has 0 N–H and O–H groups in total. The molecule has 17 heteroatoms. The molecule has 0 atom stereocenters. The Kier molecular flexibility index (Phi) is 12.8. The Balaban J connectivity index is 0.000000261. The maximum absolute atomic E-state index is 13.2. The molecule has 0 aliphatic carbocycles. The molecule has 5 rings (SSSR count). The number of benzene rings is 2. The highest BCUT2D eigenvalue weighted by atomic mass is 35.5. The van der Waals surface area contributed by atoms with Crippen molar-refractivity contribution in [3.63, 3.8) is 0 Å². The summed E-state index contributed by atoms with van der Waals surface area (Å²) in [5.74, 6) is 0.998. The van der Waals surface area contributed by atoms with Crippen molar-refractivity contribution in [3.05, 3.63) is 76.7 Å². The van der Waals surface area contributed by atoms with Crippen LogP contribution in [0.3, 0.4) is 0 Å².